The summed E-state index contributed by atoms with van der Waals surface area (Å²) < 4.78 is 5.15. The Kier molecular flexibility index (Phi) is 3.98. The first kappa shape index (κ1) is 15.0. The second kappa shape index (κ2) is 6.08. The van der Waals surface area contributed by atoms with Gasteiger partial charge in [-0.3, -0.25) is 9.59 Å². The van der Waals surface area contributed by atoms with Crippen molar-refractivity contribution in [2.75, 3.05) is 7.11 Å². The Morgan fingerprint density at radius 3 is 2.35 bits per heavy atom. The van der Waals surface area contributed by atoms with E-state index in [0.717, 1.165) is 5.56 Å². The average molecular weight is 307 g/mol. The van der Waals surface area contributed by atoms with Crippen LogP contribution in [0.5, 0.6) is 5.75 Å². The lowest BCUT2D eigenvalue weighted by molar-refractivity contribution is -0.119. The van der Waals surface area contributed by atoms with E-state index in [0.29, 0.717) is 17.7 Å². The number of methoxy groups -OCH3 is 1. The molecule has 0 bridgehead atoms. The van der Waals surface area contributed by atoms with Crippen molar-refractivity contribution in [2.24, 2.45) is 0 Å². The van der Waals surface area contributed by atoms with Crippen molar-refractivity contribution in [3.05, 3.63) is 77.9 Å². The Bertz CT molecular complexity index is 750. The minimum Gasteiger partial charge on any atom is -0.497 e. The van der Waals surface area contributed by atoms with E-state index in [-0.39, 0.29) is 11.7 Å². The molecule has 0 aliphatic heterocycles. The minimum absolute atomic E-state index is 0.119. The van der Waals surface area contributed by atoms with Gasteiger partial charge in [0.1, 0.15) is 11.3 Å². The predicted molar refractivity (Wildman–Crippen MR) is 87.3 cm³/mol. The summed E-state index contributed by atoms with van der Waals surface area (Å²) in [6.45, 7) is 0. The summed E-state index contributed by atoms with van der Waals surface area (Å²) >= 11 is 0. The lowest BCUT2D eigenvalue weighted by Gasteiger charge is -2.29. The molecule has 1 aliphatic rings. The van der Waals surface area contributed by atoms with Gasteiger partial charge in [-0.15, -0.1) is 0 Å². The van der Waals surface area contributed by atoms with Crippen molar-refractivity contribution in [1.29, 1.82) is 0 Å². The van der Waals surface area contributed by atoms with Gasteiger partial charge < -0.3 is 10.1 Å². The molecule has 1 aliphatic carbocycles. The molecule has 4 heteroatoms. The first-order valence-corrected chi connectivity index (χ1v) is 7.39. The van der Waals surface area contributed by atoms with Crippen molar-refractivity contribution in [1.82, 2.24) is 5.32 Å². The Balaban J connectivity index is 1.94. The Labute approximate surface area is 134 Å². The largest absolute Gasteiger partial charge is 0.497 e. The lowest BCUT2D eigenvalue weighted by atomic mass is 9.86. The molecule has 3 rings (SSSR count). The summed E-state index contributed by atoms with van der Waals surface area (Å²) in [5.41, 5.74) is 0.233. The zero-order valence-electron chi connectivity index (χ0n) is 12.8. The quantitative estimate of drug-likeness (QED) is 0.945. The van der Waals surface area contributed by atoms with E-state index in [1.807, 2.05) is 18.2 Å². The SMILES string of the molecule is COc1ccc(C2(NC(=O)c3ccccc3)CC=CC2=O)cc1. The molecule has 0 spiro atoms. The van der Waals surface area contributed by atoms with Crippen molar-refractivity contribution in [3.8, 4) is 5.75 Å². The van der Waals surface area contributed by atoms with Crippen LogP contribution >= 0.6 is 0 Å². The number of ether oxygens (including phenoxy) is 1. The normalized spacial score (nSPS) is 19.6. The number of carbonyl (C=O) groups excluding carboxylic acids is 2. The highest BCUT2D eigenvalue weighted by molar-refractivity contribution is 6.06. The van der Waals surface area contributed by atoms with Crippen molar-refractivity contribution in [3.63, 3.8) is 0 Å². The van der Waals surface area contributed by atoms with Gasteiger partial charge in [0.25, 0.3) is 5.91 Å². The molecule has 0 radical (unpaired) electrons. The van der Waals surface area contributed by atoms with Gasteiger partial charge in [0.05, 0.1) is 7.11 Å². The highest BCUT2D eigenvalue weighted by Gasteiger charge is 2.42. The zero-order valence-corrected chi connectivity index (χ0v) is 12.8. The zero-order chi connectivity index (χ0) is 16.3. The molecular formula is C19H17NO3. The van der Waals surface area contributed by atoms with Crippen LogP contribution in [-0.2, 0) is 10.3 Å². The number of rotatable bonds is 4. The van der Waals surface area contributed by atoms with E-state index in [4.69, 9.17) is 4.74 Å². The van der Waals surface area contributed by atoms with E-state index in [9.17, 15) is 9.59 Å². The minimum atomic E-state index is -1.04. The molecule has 1 unspecified atom stereocenters. The van der Waals surface area contributed by atoms with E-state index in [1.54, 1.807) is 49.6 Å². The molecule has 1 N–H and O–H groups in total. The fourth-order valence-corrected chi connectivity index (χ4v) is 2.76. The van der Waals surface area contributed by atoms with Crippen LogP contribution in [0, 0.1) is 0 Å². The number of ketones is 1. The van der Waals surface area contributed by atoms with Gasteiger partial charge in [0, 0.05) is 12.0 Å². The third-order valence-corrected chi connectivity index (χ3v) is 4.06. The maximum absolute atomic E-state index is 12.5. The summed E-state index contributed by atoms with van der Waals surface area (Å²) in [7, 11) is 1.59. The molecule has 4 nitrogen and oxygen atoms in total. The number of benzene rings is 2. The third kappa shape index (κ3) is 2.75. The van der Waals surface area contributed by atoms with Crippen LogP contribution in [0.25, 0.3) is 0 Å². The molecule has 1 amide bonds. The van der Waals surface area contributed by atoms with Gasteiger partial charge in [0.15, 0.2) is 5.78 Å². The van der Waals surface area contributed by atoms with E-state index in [1.165, 1.54) is 6.08 Å². The highest BCUT2D eigenvalue weighted by Crippen LogP contribution is 2.33. The number of nitrogens with one attached hydrogen (secondary N) is 1. The maximum atomic E-state index is 12.5. The monoisotopic (exact) mass is 307 g/mol. The molecule has 0 heterocycles. The fourth-order valence-electron chi connectivity index (χ4n) is 2.76. The molecule has 0 saturated carbocycles. The third-order valence-electron chi connectivity index (χ3n) is 4.06. The summed E-state index contributed by atoms with van der Waals surface area (Å²) in [6.07, 6.45) is 3.75. The lowest BCUT2D eigenvalue weighted by Crippen LogP contribution is -2.49. The van der Waals surface area contributed by atoms with Crippen LogP contribution < -0.4 is 10.1 Å². The standard InChI is InChI=1S/C19H17NO3/c1-23-16-11-9-15(10-12-16)19(13-5-8-17(19)21)20-18(22)14-6-3-2-4-7-14/h2-12H,13H2,1H3,(H,20,22). The fraction of sp³-hybridized carbons (Fsp3) is 0.158. The second-order valence-electron chi connectivity index (χ2n) is 5.42. The summed E-state index contributed by atoms with van der Waals surface area (Å²) in [6, 6.07) is 16.1. The molecular weight excluding hydrogens is 290 g/mol. The average Bonchev–Trinajstić information content (AvgIpc) is 2.97. The number of hydrogen-bond acceptors (Lipinski definition) is 3. The molecule has 1 atom stereocenters. The van der Waals surface area contributed by atoms with E-state index < -0.39 is 5.54 Å². The molecule has 2 aromatic rings. The van der Waals surface area contributed by atoms with Gasteiger partial charge in [-0.05, 0) is 35.9 Å². The summed E-state index contributed by atoms with van der Waals surface area (Å²) in [5, 5.41) is 2.92. The van der Waals surface area contributed by atoms with Crippen LogP contribution in [0.2, 0.25) is 0 Å². The second-order valence-corrected chi connectivity index (χ2v) is 5.42. The van der Waals surface area contributed by atoms with Gasteiger partial charge in [-0.1, -0.05) is 36.4 Å². The van der Waals surface area contributed by atoms with Gasteiger partial charge in [-0.25, -0.2) is 0 Å². The molecule has 0 aromatic heterocycles. The first-order chi connectivity index (χ1) is 11.2. The van der Waals surface area contributed by atoms with Crippen molar-refractivity contribution in [2.45, 2.75) is 12.0 Å². The number of hydrogen-bond donors (Lipinski definition) is 1. The van der Waals surface area contributed by atoms with Crippen molar-refractivity contribution < 1.29 is 14.3 Å². The smallest absolute Gasteiger partial charge is 0.252 e. The highest BCUT2D eigenvalue weighted by atomic mass is 16.5. The Hall–Kier alpha value is -2.88. The molecule has 0 saturated heterocycles. The van der Waals surface area contributed by atoms with Gasteiger partial charge >= 0.3 is 0 Å². The van der Waals surface area contributed by atoms with E-state index >= 15 is 0 Å². The Morgan fingerprint density at radius 1 is 1.09 bits per heavy atom. The van der Waals surface area contributed by atoms with E-state index in [2.05, 4.69) is 5.32 Å². The molecule has 0 fully saturated rings. The topological polar surface area (TPSA) is 55.4 Å². The predicted octanol–water partition coefficient (Wildman–Crippen LogP) is 2.85. The van der Waals surface area contributed by atoms with Crippen LogP contribution in [0.3, 0.4) is 0 Å². The van der Waals surface area contributed by atoms with Gasteiger partial charge in [0.2, 0.25) is 0 Å². The molecule has 23 heavy (non-hydrogen) atoms. The molecule has 2 aromatic carbocycles. The summed E-state index contributed by atoms with van der Waals surface area (Å²) in [5.74, 6) is 0.321. The van der Waals surface area contributed by atoms with Crippen LogP contribution in [0.1, 0.15) is 22.3 Å². The van der Waals surface area contributed by atoms with Crippen LogP contribution in [0.4, 0.5) is 0 Å². The number of carbonyl (C=O) groups is 2. The van der Waals surface area contributed by atoms with Crippen LogP contribution in [-0.4, -0.2) is 18.8 Å². The maximum Gasteiger partial charge on any atom is 0.252 e. The Morgan fingerprint density at radius 2 is 1.78 bits per heavy atom. The molecule has 116 valence electrons. The number of amides is 1. The van der Waals surface area contributed by atoms with Crippen LogP contribution in [0.15, 0.2) is 66.7 Å². The summed E-state index contributed by atoms with van der Waals surface area (Å²) in [4.78, 5) is 25.0. The first-order valence-electron chi connectivity index (χ1n) is 7.39. The van der Waals surface area contributed by atoms with Gasteiger partial charge in [-0.2, -0.15) is 0 Å². The van der Waals surface area contributed by atoms with Crippen molar-refractivity contribution >= 4 is 11.7 Å².